The van der Waals surface area contributed by atoms with E-state index in [1.165, 1.54) is 12.8 Å². The third-order valence-electron chi connectivity index (χ3n) is 4.57. The number of carbonyl (C=O) groups is 1. The van der Waals surface area contributed by atoms with Gasteiger partial charge in [-0.15, -0.1) is 24.8 Å². The molecule has 130 valence electrons. The molecule has 2 N–H and O–H groups in total. The average Bonchev–Trinajstić information content (AvgIpc) is 3.00. The van der Waals surface area contributed by atoms with E-state index in [0.717, 1.165) is 49.3 Å². The first kappa shape index (κ1) is 20.1. The molecular weight excluding hydrogens is 333 g/mol. The number of aryl methyl sites for hydroxylation is 1. The van der Waals surface area contributed by atoms with Crippen LogP contribution in [0.25, 0.3) is 0 Å². The number of nitrogens with two attached hydrogens (primary N) is 1. The molecule has 0 saturated carbocycles. The topological polar surface area (TPSA) is 49.6 Å². The maximum Gasteiger partial charge on any atom is 0.256 e. The molecule has 1 amide bonds. The van der Waals surface area contributed by atoms with Crippen molar-refractivity contribution in [1.29, 1.82) is 0 Å². The predicted molar refractivity (Wildman–Crippen MR) is 100 cm³/mol. The van der Waals surface area contributed by atoms with Gasteiger partial charge in [0.15, 0.2) is 0 Å². The molecule has 2 heterocycles. The molecule has 2 fully saturated rings. The number of likely N-dealkylation sites (tertiary alicyclic amines) is 1. The molecule has 23 heavy (non-hydrogen) atoms. The minimum absolute atomic E-state index is 0. The Hall–Kier alpha value is -0.970. The molecule has 0 spiro atoms. The van der Waals surface area contributed by atoms with Crippen molar-refractivity contribution >= 4 is 36.4 Å². The lowest BCUT2D eigenvalue weighted by atomic mass is 10.0. The summed E-state index contributed by atoms with van der Waals surface area (Å²) < 4.78 is 0. The van der Waals surface area contributed by atoms with E-state index in [4.69, 9.17) is 5.73 Å². The van der Waals surface area contributed by atoms with Gasteiger partial charge in [-0.25, -0.2) is 0 Å². The molecule has 2 saturated heterocycles. The number of hydrogen-bond donors (Lipinski definition) is 1. The average molecular weight is 360 g/mol. The lowest BCUT2D eigenvalue weighted by molar-refractivity contribution is 0.0709. The van der Waals surface area contributed by atoms with E-state index in [-0.39, 0.29) is 36.8 Å². The molecule has 0 aromatic heterocycles. The van der Waals surface area contributed by atoms with Gasteiger partial charge in [0.05, 0.1) is 5.56 Å². The number of piperidine rings is 1. The van der Waals surface area contributed by atoms with Crippen molar-refractivity contribution in [3.63, 3.8) is 0 Å². The van der Waals surface area contributed by atoms with Gasteiger partial charge in [0.2, 0.25) is 0 Å². The Kier molecular flexibility index (Phi) is 7.65. The standard InChI is InChI=1S/C17H25N3O.2ClH/c1-13-6-7-16(19-8-2-3-9-19)15(11-13)17(21)20-10-4-5-14(18)12-20;;/h6-7,11,14H,2-5,8-10,12,18H2,1H3;2*1H. The Morgan fingerprint density at radius 3 is 2.48 bits per heavy atom. The van der Waals surface area contributed by atoms with Gasteiger partial charge in [0, 0.05) is 37.9 Å². The van der Waals surface area contributed by atoms with Crippen LogP contribution in [0, 0.1) is 6.92 Å². The Morgan fingerprint density at radius 2 is 1.83 bits per heavy atom. The fourth-order valence-electron chi connectivity index (χ4n) is 3.42. The maximum absolute atomic E-state index is 12.9. The zero-order chi connectivity index (χ0) is 14.8. The summed E-state index contributed by atoms with van der Waals surface area (Å²) in [6.07, 6.45) is 4.47. The molecular formula is C17H27Cl2N3O. The monoisotopic (exact) mass is 359 g/mol. The van der Waals surface area contributed by atoms with Gasteiger partial charge in [-0.05, 0) is 44.7 Å². The summed E-state index contributed by atoms with van der Waals surface area (Å²) in [7, 11) is 0. The number of benzene rings is 1. The Balaban J connectivity index is 0.00000132. The molecule has 1 aromatic rings. The van der Waals surface area contributed by atoms with Crippen LogP contribution in [0.2, 0.25) is 0 Å². The SMILES string of the molecule is Cc1ccc(N2CCCC2)c(C(=O)N2CCCC(N)C2)c1.Cl.Cl. The summed E-state index contributed by atoms with van der Waals surface area (Å²) in [4.78, 5) is 17.2. The fourth-order valence-corrected chi connectivity index (χ4v) is 3.42. The van der Waals surface area contributed by atoms with Crippen LogP contribution in [0.1, 0.15) is 41.6 Å². The minimum atomic E-state index is 0. The highest BCUT2D eigenvalue weighted by Crippen LogP contribution is 2.27. The van der Waals surface area contributed by atoms with Crippen molar-refractivity contribution in [2.24, 2.45) is 5.73 Å². The second-order valence-corrected chi connectivity index (χ2v) is 6.37. The number of halogens is 2. The van der Waals surface area contributed by atoms with Gasteiger partial charge in [0.1, 0.15) is 0 Å². The second kappa shape index (κ2) is 8.76. The van der Waals surface area contributed by atoms with E-state index in [1.807, 2.05) is 17.9 Å². The summed E-state index contributed by atoms with van der Waals surface area (Å²) in [5, 5.41) is 0. The molecule has 1 unspecified atom stereocenters. The highest BCUT2D eigenvalue weighted by Gasteiger charge is 2.26. The third-order valence-corrected chi connectivity index (χ3v) is 4.57. The van der Waals surface area contributed by atoms with Gasteiger partial charge < -0.3 is 15.5 Å². The van der Waals surface area contributed by atoms with Crippen LogP contribution in [-0.4, -0.2) is 43.0 Å². The van der Waals surface area contributed by atoms with Crippen LogP contribution in [0.4, 0.5) is 5.69 Å². The predicted octanol–water partition coefficient (Wildman–Crippen LogP) is 3.00. The smallest absolute Gasteiger partial charge is 0.256 e. The van der Waals surface area contributed by atoms with Gasteiger partial charge in [-0.3, -0.25) is 4.79 Å². The Bertz CT molecular complexity index is 533. The van der Waals surface area contributed by atoms with Gasteiger partial charge in [-0.1, -0.05) is 11.6 Å². The highest BCUT2D eigenvalue weighted by molar-refractivity contribution is 6.00. The molecule has 4 nitrogen and oxygen atoms in total. The lowest BCUT2D eigenvalue weighted by Crippen LogP contribution is -2.46. The Morgan fingerprint density at radius 1 is 1.13 bits per heavy atom. The zero-order valence-corrected chi connectivity index (χ0v) is 15.3. The second-order valence-electron chi connectivity index (χ2n) is 6.37. The first-order chi connectivity index (χ1) is 10.1. The van der Waals surface area contributed by atoms with Crippen molar-refractivity contribution in [2.45, 2.75) is 38.6 Å². The number of hydrogen-bond acceptors (Lipinski definition) is 3. The largest absolute Gasteiger partial charge is 0.371 e. The molecule has 0 bridgehead atoms. The van der Waals surface area contributed by atoms with E-state index in [0.29, 0.717) is 6.54 Å². The maximum atomic E-state index is 12.9. The van der Waals surface area contributed by atoms with Gasteiger partial charge in [-0.2, -0.15) is 0 Å². The molecule has 0 radical (unpaired) electrons. The van der Waals surface area contributed by atoms with E-state index in [1.54, 1.807) is 0 Å². The van der Waals surface area contributed by atoms with Gasteiger partial charge in [0.25, 0.3) is 5.91 Å². The molecule has 1 aromatic carbocycles. The molecule has 3 rings (SSSR count). The van der Waals surface area contributed by atoms with Crippen molar-refractivity contribution in [3.05, 3.63) is 29.3 Å². The van der Waals surface area contributed by atoms with E-state index >= 15 is 0 Å². The van der Waals surface area contributed by atoms with Crippen molar-refractivity contribution in [3.8, 4) is 0 Å². The van der Waals surface area contributed by atoms with Crippen LogP contribution >= 0.6 is 24.8 Å². The first-order valence-electron chi connectivity index (χ1n) is 8.05. The molecule has 6 heteroatoms. The fraction of sp³-hybridized carbons (Fsp3) is 0.588. The number of nitrogens with zero attached hydrogens (tertiary/aromatic N) is 2. The van der Waals surface area contributed by atoms with Crippen LogP contribution in [0.5, 0.6) is 0 Å². The summed E-state index contributed by atoms with van der Waals surface area (Å²) in [5.74, 6) is 0.149. The number of rotatable bonds is 2. The minimum Gasteiger partial charge on any atom is -0.371 e. The molecule has 0 aliphatic carbocycles. The molecule has 2 aliphatic heterocycles. The first-order valence-corrected chi connectivity index (χ1v) is 8.05. The Labute approximate surface area is 151 Å². The summed E-state index contributed by atoms with van der Waals surface area (Å²) in [5.41, 5.74) is 9.12. The van der Waals surface area contributed by atoms with Crippen LogP contribution in [0.15, 0.2) is 18.2 Å². The highest BCUT2D eigenvalue weighted by atomic mass is 35.5. The normalized spacial score (nSPS) is 20.7. The number of carbonyl (C=O) groups excluding carboxylic acids is 1. The van der Waals surface area contributed by atoms with E-state index in [9.17, 15) is 4.79 Å². The zero-order valence-electron chi connectivity index (χ0n) is 13.7. The van der Waals surface area contributed by atoms with Crippen LogP contribution in [0.3, 0.4) is 0 Å². The number of amides is 1. The molecule has 1 atom stereocenters. The molecule has 2 aliphatic rings. The summed E-state index contributed by atoms with van der Waals surface area (Å²) in [6, 6.07) is 6.38. The van der Waals surface area contributed by atoms with E-state index in [2.05, 4.69) is 17.0 Å². The summed E-state index contributed by atoms with van der Waals surface area (Å²) >= 11 is 0. The van der Waals surface area contributed by atoms with Gasteiger partial charge >= 0.3 is 0 Å². The van der Waals surface area contributed by atoms with Crippen LogP contribution < -0.4 is 10.6 Å². The van der Waals surface area contributed by atoms with Crippen LogP contribution in [-0.2, 0) is 0 Å². The van der Waals surface area contributed by atoms with Crippen molar-refractivity contribution < 1.29 is 4.79 Å². The third kappa shape index (κ3) is 4.52. The number of anilines is 1. The van der Waals surface area contributed by atoms with E-state index < -0.39 is 0 Å². The lowest BCUT2D eigenvalue weighted by Gasteiger charge is -2.32. The van der Waals surface area contributed by atoms with Crippen molar-refractivity contribution in [1.82, 2.24) is 4.90 Å². The summed E-state index contributed by atoms with van der Waals surface area (Å²) in [6.45, 7) is 5.68. The van der Waals surface area contributed by atoms with Crippen molar-refractivity contribution in [2.75, 3.05) is 31.1 Å². The quantitative estimate of drug-likeness (QED) is 0.882.